The minimum Gasteiger partial charge on any atom is -0.497 e. The van der Waals surface area contributed by atoms with Crippen LogP contribution in [0.3, 0.4) is 0 Å². The largest absolute Gasteiger partial charge is 0.497 e. The fraction of sp³-hybridized carbons (Fsp3) is 0.300. The van der Waals surface area contributed by atoms with E-state index in [2.05, 4.69) is 49.3 Å². The monoisotopic (exact) mass is 355 g/mol. The number of nitrogens with zero attached hydrogens (tertiary/aromatic N) is 3. The molecule has 0 amide bonds. The van der Waals surface area contributed by atoms with Crippen LogP contribution in [0, 0.1) is 0 Å². The van der Waals surface area contributed by atoms with Crippen LogP contribution in [0.25, 0.3) is 5.70 Å². The molecule has 1 unspecified atom stereocenters. The highest BCUT2D eigenvalue weighted by molar-refractivity contribution is 6.30. The summed E-state index contributed by atoms with van der Waals surface area (Å²) in [7, 11) is 1.67. The summed E-state index contributed by atoms with van der Waals surface area (Å²) in [5, 5.41) is 11.7. The molecule has 2 aromatic rings. The van der Waals surface area contributed by atoms with Gasteiger partial charge in [-0.1, -0.05) is 41.1 Å². The van der Waals surface area contributed by atoms with E-state index in [4.69, 9.17) is 16.3 Å². The maximum absolute atomic E-state index is 5.99. The van der Waals surface area contributed by atoms with Gasteiger partial charge >= 0.3 is 0 Å². The van der Waals surface area contributed by atoms with Gasteiger partial charge in [-0.3, -0.25) is 5.01 Å². The van der Waals surface area contributed by atoms with Crippen LogP contribution in [0.4, 0.5) is 0 Å². The molecule has 1 aliphatic rings. The van der Waals surface area contributed by atoms with Crippen molar-refractivity contribution < 1.29 is 4.74 Å². The Hall–Kier alpha value is -2.33. The van der Waals surface area contributed by atoms with Gasteiger partial charge in [-0.2, -0.15) is 0 Å². The van der Waals surface area contributed by atoms with Crippen molar-refractivity contribution in [2.45, 2.75) is 32.4 Å². The number of rotatable bonds is 3. The van der Waals surface area contributed by atoms with Crippen molar-refractivity contribution in [2.24, 2.45) is 10.3 Å². The fourth-order valence-corrected chi connectivity index (χ4v) is 2.90. The topological polar surface area (TPSA) is 37.2 Å². The number of halogens is 1. The first kappa shape index (κ1) is 17.5. The van der Waals surface area contributed by atoms with E-state index >= 15 is 0 Å². The molecule has 0 radical (unpaired) electrons. The van der Waals surface area contributed by atoms with Crippen molar-refractivity contribution in [1.82, 2.24) is 5.01 Å². The van der Waals surface area contributed by atoms with E-state index in [-0.39, 0.29) is 11.6 Å². The van der Waals surface area contributed by atoms with Crippen molar-refractivity contribution in [2.75, 3.05) is 7.11 Å². The summed E-state index contributed by atoms with van der Waals surface area (Å²) in [5.41, 5.74) is 2.83. The van der Waals surface area contributed by atoms with Crippen LogP contribution in [0.5, 0.6) is 5.75 Å². The molecule has 0 saturated heterocycles. The van der Waals surface area contributed by atoms with Gasteiger partial charge in [0.15, 0.2) is 0 Å². The lowest BCUT2D eigenvalue weighted by atomic mass is 9.97. The van der Waals surface area contributed by atoms with Gasteiger partial charge in [0.1, 0.15) is 5.75 Å². The molecule has 5 heteroatoms. The van der Waals surface area contributed by atoms with Gasteiger partial charge in [0.2, 0.25) is 0 Å². The second-order valence-corrected chi connectivity index (χ2v) is 7.42. The number of hydrogen-bond acceptors (Lipinski definition) is 4. The smallest absolute Gasteiger partial charge is 0.118 e. The van der Waals surface area contributed by atoms with Crippen LogP contribution in [0.1, 0.15) is 37.9 Å². The third-order valence-electron chi connectivity index (χ3n) is 4.11. The van der Waals surface area contributed by atoms with Gasteiger partial charge in [0.25, 0.3) is 0 Å². The van der Waals surface area contributed by atoms with Crippen LogP contribution >= 0.6 is 11.6 Å². The van der Waals surface area contributed by atoms with Crippen LogP contribution in [0.2, 0.25) is 5.02 Å². The van der Waals surface area contributed by atoms with Crippen molar-refractivity contribution in [3.8, 4) is 5.75 Å². The summed E-state index contributed by atoms with van der Waals surface area (Å²) in [5.74, 6) is 0.838. The highest BCUT2D eigenvalue weighted by atomic mass is 35.5. The van der Waals surface area contributed by atoms with Gasteiger partial charge in [-0.25, -0.2) is 0 Å². The second kappa shape index (κ2) is 6.89. The van der Waals surface area contributed by atoms with E-state index in [0.717, 1.165) is 22.6 Å². The van der Waals surface area contributed by atoms with Gasteiger partial charge in [-0.05, 0) is 56.7 Å². The van der Waals surface area contributed by atoms with Gasteiger partial charge in [-0.15, -0.1) is 5.11 Å². The minimum atomic E-state index is -0.157. The summed E-state index contributed by atoms with van der Waals surface area (Å²) in [6, 6.07) is 15.7. The Balaban J connectivity index is 2.01. The van der Waals surface area contributed by atoms with Crippen molar-refractivity contribution >= 4 is 17.3 Å². The molecule has 0 aliphatic carbocycles. The maximum Gasteiger partial charge on any atom is 0.118 e. The normalized spacial score (nSPS) is 17.4. The summed E-state index contributed by atoms with van der Waals surface area (Å²) in [4.78, 5) is 0. The summed E-state index contributed by atoms with van der Waals surface area (Å²) < 4.78 is 5.27. The third-order valence-corrected chi connectivity index (χ3v) is 4.36. The van der Waals surface area contributed by atoms with Crippen molar-refractivity contribution in [3.05, 3.63) is 70.8 Å². The first-order chi connectivity index (χ1) is 11.9. The molecule has 1 aliphatic heterocycles. The molecule has 0 spiro atoms. The zero-order valence-electron chi connectivity index (χ0n) is 14.9. The summed E-state index contributed by atoms with van der Waals surface area (Å²) in [6.45, 7) is 6.39. The molecule has 25 heavy (non-hydrogen) atoms. The van der Waals surface area contributed by atoms with Crippen molar-refractivity contribution in [3.63, 3.8) is 0 Å². The predicted molar refractivity (Wildman–Crippen MR) is 102 cm³/mol. The van der Waals surface area contributed by atoms with Crippen molar-refractivity contribution in [1.29, 1.82) is 0 Å². The fourth-order valence-electron chi connectivity index (χ4n) is 2.77. The van der Waals surface area contributed by atoms with Gasteiger partial charge in [0, 0.05) is 10.6 Å². The zero-order valence-corrected chi connectivity index (χ0v) is 15.7. The van der Waals surface area contributed by atoms with E-state index in [1.165, 1.54) is 0 Å². The quantitative estimate of drug-likeness (QED) is 0.686. The molecule has 0 saturated carbocycles. The van der Waals surface area contributed by atoms with Crippen LogP contribution in [-0.4, -0.2) is 17.7 Å². The van der Waals surface area contributed by atoms with Gasteiger partial charge in [0.05, 0.1) is 24.4 Å². The van der Waals surface area contributed by atoms with Gasteiger partial charge < -0.3 is 4.74 Å². The van der Waals surface area contributed by atoms with E-state index in [1.807, 2.05) is 41.4 Å². The lowest BCUT2D eigenvalue weighted by Gasteiger charge is -2.39. The Morgan fingerprint density at radius 1 is 1.00 bits per heavy atom. The lowest BCUT2D eigenvalue weighted by Crippen LogP contribution is -2.40. The Morgan fingerprint density at radius 3 is 2.20 bits per heavy atom. The average Bonchev–Trinajstić information content (AvgIpc) is 2.61. The Kier molecular flexibility index (Phi) is 4.82. The molecular weight excluding hydrogens is 334 g/mol. The lowest BCUT2D eigenvalue weighted by molar-refractivity contribution is 0.0940. The van der Waals surface area contributed by atoms with Crippen LogP contribution in [0.15, 0.2) is 64.9 Å². The molecule has 0 N–H and O–H groups in total. The minimum absolute atomic E-state index is 0.00548. The predicted octanol–water partition coefficient (Wildman–Crippen LogP) is 5.91. The third kappa shape index (κ3) is 3.85. The highest BCUT2D eigenvalue weighted by Gasteiger charge is 2.31. The standard InChI is InChI=1S/C20H22ClN3O/c1-20(2,3)24-19(15-7-11-17(25-4)12-8-15)13-18(22-23-24)14-5-9-16(21)10-6-14/h5-13,19H,1-4H3. The molecule has 0 fully saturated rings. The molecular formula is C20H22ClN3O. The molecule has 1 heterocycles. The molecule has 3 rings (SSSR count). The molecule has 0 bridgehead atoms. The molecule has 130 valence electrons. The Labute approximate surface area is 153 Å². The first-order valence-electron chi connectivity index (χ1n) is 8.21. The summed E-state index contributed by atoms with van der Waals surface area (Å²) in [6.07, 6.45) is 2.14. The first-order valence-corrected chi connectivity index (χ1v) is 8.59. The van der Waals surface area contributed by atoms with E-state index < -0.39 is 0 Å². The Morgan fingerprint density at radius 2 is 1.64 bits per heavy atom. The van der Waals surface area contributed by atoms with E-state index in [0.29, 0.717) is 5.02 Å². The zero-order chi connectivity index (χ0) is 18.0. The average molecular weight is 356 g/mol. The van der Waals surface area contributed by atoms with Crippen LogP contribution in [-0.2, 0) is 0 Å². The Bertz CT molecular complexity index is 789. The van der Waals surface area contributed by atoms with Crippen LogP contribution < -0.4 is 4.74 Å². The number of benzene rings is 2. The summed E-state index contributed by atoms with van der Waals surface area (Å²) >= 11 is 5.99. The second-order valence-electron chi connectivity index (χ2n) is 6.98. The molecule has 0 aromatic heterocycles. The maximum atomic E-state index is 5.99. The highest BCUT2D eigenvalue weighted by Crippen LogP contribution is 2.37. The number of ether oxygens (including phenoxy) is 1. The number of methoxy groups -OCH3 is 1. The SMILES string of the molecule is COc1ccc(C2C=C(c3ccc(Cl)cc3)N=NN2C(C)(C)C)cc1. The molecule has 1 atom stereocenters. The van der Waals surface area contributed by atoms with E-state index in [9.17, 15) is 0 Å². The van der Waals surface area contributed by atoms with E-state index in [1.54, 1.807) is 7.11 Å². The molecule has 4 nitrogen and oxygen atoms in total. The number of hydrogen-bond donors (Lipinski definition) is 0. The molecule has 2 aromatic carbocycles.